The van der Waals surface area contributed by atoms with Crippen LogP contribution >= 0.6 is 0 Å². The molecule has 2 amide bonds. The Morgan fingerprint density at radius 3 is 2.58 bits per heavy atom. The van der Waals surface area contributed by atoms with Crippen LogP contribution in [0.3, 0.4) is 0 Å². The first-order chi connectivity index (χ1) is 14.8. The SMILES string of the molecule is C[C@@H](C[CH]C(=O)N[C@@H]1CCN(S(=O)(=O)c2ccc(OC3CCNCC3)cc2)C1)C(N)=O. The Labute approximate surface area is 183 Å². The van der Waals surface area contributed by atoms with Gasteiger partial charge in [0.2, 0.25) is 21.8 Å². The maximum Gasteiger partial charge on any atom is 0.243 e. The minimum absolute atomic E-state index is 0.148. The maximum absolute atomic E-state index is 13.0. The summed E-state index contributed by atoms with van der Waals surface area (Å²) in [6.45, 7) is 4.04. The summed E-state index contributed by atoms with van der Waals surface area (Å²) < 4.78 is 33.2. The zero-order valence-corrected chi connectivity index (χ0v) is 18.6. The van der Waals surface area contributed by atoms with E-state index in [1.807, 2.05) is 0 Å². The lowest BCUT2D eigenvalue weighted by Gasteiger charge is -2.24. The van der Waals surface area contributed by atoms with Crippen molar-refractivity contribution in [2.24, 2.45) is 11.7 Å². The Morgan fingerprint density at radius 2 is 1.94 bits per heavy atom. The van der Waals surface area contributed by atoms with Crippen LogP contribution in [0.4, 0.5) is 0 Å². The number of nitrogens with one attached hydrogen (secondary N) is 2. The van der Waals surface area contributed by atoms with Gasteiger partial charge in [-0.3, -0.25) is 9.59 Å². The molecule has 1 radical (unpaired) electrons. The first kappa shape index (κ1) is 23.5. The van der Waals surface area contributed by atoms with E-state index in [4.69, 9.17) is 10.5 Å². The average molecular weight is 452 g/mol. The number of hydrogen-bond acceptors (Lipinski definition) is 6. The summed E-state index contributed by atoms with van der Waals surface area (Å²) in [5.41, 5.74) is 5.19. The molecule has 0 bridgehead atoms. The van der Waals surface area contributed by atoms with Crippen molar-refractivity contribution in [3.8, 4) is 5.75 Å². The van der Waals surface area contributed by atoms with Gasteiger partial charge in [-0.25, -0.2) is 8.42 Å². The van der Waals surface area contributed by atoms with Crippen LogP contribution in [0.1, 0.15) is 32.6 Å². The summed E-state index contributed by atoms with van der Waals surface area (Å²) in [4.78, 5) is 23.3. The van der Waals surface area contributed by atoms with E-state index < -0.39 is 21.8 Å². The first-order valence-electron chi connectivity index (χ1n) is 10.7. The number of nitrogens with two attached hydrogens (primary N) is 1. The van der Waals surface area contributed by atoms with Crippen molar-refractivity contribution in [3.05, 3.63) is 30.7 Å². The molecule has 2 saturated heterocycles. The van der Waals surface area contributed by atoms with Crippen LogP contribution in [-0.2, 0) is 19.6 Å². The normalized spacial score (nSPS) is 21.5. The molecule has 0 unspecified atom stereocenters. The summed E-state index contributed by atoms with van der Waals surface area (Å²) >= 11 is 0. The Balaban J connectivity index is 1.51. The number of ether oxygens (including phenoxy) is 1. The molecule has 10 heteroatoms. The van der Waals surface area contributed by atoms with E-state index in [0.717, 1.165) is 25.9 Å². The van der Waals surface area contributed by atoms with Crippen molar-refractivity contribution < 1.29 is 22.7 Å². The van der Waals surface area contributed by atoms with Crippen molar-refractivity contribution in [2.45, 2.75) is 49.6 Å². The van der Waals surface area contributed by atoms with Gasteiger partial charge in [0.15, 0.2) is 0 Å². The van der Waals surface area contributed by atoms with Crippen molar-refractivity contribution in [1.82, 2.24) is 14.9 Å². The molecule has 2 atom stereocenters. The Morgan fingerprint density at radius 1 is 1.26 bits per heavy atom. The van der Waals surface area contributed by atoms with E-state index in [1.165, 1.54) is 10.7 Å². The standard InChI is InChI=1S/C21H31N4O5S/c1-15(21(22)27)2-7-20(26)24-16-10-13-25(14-16)31(28,29)19-5-3-17(4-6-19)30-18-8-11-23-12-9-18/h3-7,15-16,18,23H,2,8-14H2,1H3,(H2,22,27)(H,24,26)/t15-,16+/m0/s1. The number of piperidine rings is 1. The molecular formula is C21H31N4O5S. The highest BCUT2D eigenvalue weighted by atomic mass is 32.2. The van der Waals surface area contributed by atoms with Gasteiger partial charge >= 0.3 is 0 Å². The highest BCUT2D eigenvalue weighted by Gasteiger charge is 2.33. The molecule has 0 saturated carbocycles. The van der Waals surface area contributed by atoms with E-state index in [1.54, 1.807) is 31.2 Å². The third-order valence-electron chi connectivity index (χ3n) is 5.69. The lowest BCUT2D eigenvalue weighted by atomic mass is 10.0. The summed E-state index contributed by atoms with van der Waals surface area (Å²) in [7, 11) is -3.65. The summed E-state index contributed by atoms with van der Waals surface area (Å²) in [5, 5.41) is 6.08. The van der Waals surface area contributed by atoms with Crippen LogP contribution in [0, 0.1) is 12.3 Å². The maximum atomic E-state index is 13.0. The molecule has 2 heterocycles. The number of rotatable bonds is 9. The molecule has 4 N–H and O–H groups in total. The highest BCUT2D eigenvalue weighted by molar-refractivity contribution is 7.89. The van der Waals surface area contributed by atoms with Crippen LogP contribution in [-0.4, -0.2) is 62.9 Å². The van der Waals surface area contributed by atoms with Gasteiger partial charge in [-0.1, -0.05) is 6.92 Å². The molecule has 1 aromatic carbocycles. The number of sulfonamides is 1. The Kier molecular flexibility index (Phi) is 7.90. The van der Waals surface area contributed by atoms with Crippen molar-refractivity contribution in [3.63, 3.8) is 0 Å². The van der Waals surface area contributed by atoms with Crippen LogP contribution < -0.4 is 21.1 Å². The Bertz CT molecular complexity index is 868. The third kappa shape index (κ3) is 6.41. The van der Waals surface area contributed by atoms with E-state index >= 15 is 0 Å². The van der Waals surface area contributed by atoms with E-state index in [-0.39, 0.29) is 35.9 Å². The average Bonchev–Trinajstić information content (AvgIpc) is 3.22. The van der Waals surface area contributed by atoms with Crippen LogP contribution in [0.25, 0.3) is 0 Å². The molecule has 0 aliphatic carbocycles. The fraction of sp³-hybridized carbons (Fsp3) is 0.571. The topological polar surface area (TPSA) is 131 Å². The number of amides is 2. The smallest absolute Gasteiger partial charge is 0.243 e. The Hall–Kier alpha value is -2.17. The van der Waals surface area contributed by atoms with Gasteiger partial charge in [0.25, 0.3) is 0 Å². The van der Waals surface area contributed by atoms with Gasteiger partial charge in [-0.05, 0) is 63.0 Å². The minimum atomic E-state index is -3.65. The zero-order valence-electron chi connectivity index (χ0n) is 17.7. The number of carbonyl (C=O) groups excluding carboxylic acids is 2. The van der Waals surface area contributed by atoms with Crippen LogP contribution in [0.5, 0.6) is 5.75 Å². The van der Waals surface area contributed by atoms with Crippen molar-refractivity contribution in [1.29, 1.82) is 0 Å². The minimum Gasteiger partial charge on any atom is -0.490 e. The second kappa shape index (κ2) is 10.4. The second-order valence-corrected chi connectivity index (χ2v) is 10.1. The highest BCUT2D eigenvalue weighted by Crippen LogP contribution is 2.24. The van der Waals surface area contributed by atoms with Gasteiger partial charge in [0, 0.05) is 25.0 Å². The number of primary amides is 1. The van der Waals surface area contributed by atoms with Crippen LogP contribution in [0.2, 0.25) is 0 Å². The summed E-state index contributed by atoms with van der Waals surface area (Å²) in [6, 6.07) is 6.25. The molecular weight excluding hydrogens is 420 g/mol. The number of hydrogen-bond donors (Lipinski definition) is 3. The van der Waals surface area contributed by atoms with Crippen LogP contribution in [0.15, 0.2) is 29.2 Å². The van der Waals surface area contributed by atoms with Gasteiger partial charge in [-0.2, -0.15) is 4.31 Å². The van der Waals surface area contributed by atoms with Crippen molar-refractivity contribution in [2.75, 3.05) is 26.2 Å². The molecule has 3 rings (SSSR count). The molecule has 31 heavy (non-hydrogen) atoms. The summed E-state index contributed by atoms with van der Waals surface area (Å²) in [6.07, 6.45) is 4.17. The third-order valence-corrected chi connectivity index (χ3v) is 7.57. The number of benzene rings is 1. The first-order valence-corrected chi connectivity index (χ1v) is 12.1. The lowest BCUT2D eigenvalue weighted by Crippen LogP contribution is -2.39. The zero-order chi connectivity index (χ0) is 22.4. The number of carbonyl (C=O) groups is 2. The van der Waals surface area contributed by atoms with Gasteiger partial charge in [0.05, 0.1) is 11.3 Å². The number of nitrogens with zero attached hydrogens (tertiary/aromatic N) is 1. The van der Waals surface area contributed by atoms with E-state index in [9.17, 15) is 18.0 Å². The van der Waals surface area contributed by atoms with Gasteiger partial charge < -0.3 is 21.1 Å². The molecule has 0 aromatic heterocycles. The molecule has 2 fully saturated rings. The fourth-order valence-corrected chi connectivity index (χ4v) is 5.17. The van der Waals surface area contributed by atoms with E-state index in [0.29, 0.717) is 18.7 Å². The molecule has 0 spiro atoms. The predicted octanol–water partition coefficient (Wildman–Crippen LogP) is 0.412. The quantitative estimate of drug-likeness (QED) is 0.499. The largest absolute Gasteiger partial charge is 0.490 e. The predicted molar refractivity (Wildman–Crippen MR) is 116 cm³/mol. The summed E-state index contributed by atoms with van der Waals surface area (Å²) in [5.74, 6) is -0.544. The van der Waals surface area contributed by atoms with Crippen molar-refractivity contribution >= 4 is 21.8 Å². The van der Waals surface area contributed by atoms with Gasteiger partial charge in [-0.15, -0.1) is 0 Å². The molecule has 9 nitrogen and oxygen atoms in total. The lowest BCUT2D eigenvalue weighted by molar-refractivity contribution is -0.121. The molecule has 2 aliphatic rings. The van der Waals surface area contributed by atoms with Gasteiger partial charge in [0.1, 0.15) is 11.9 Å². The molecule has 2 aliphatic heterocycles. The monoisotopic (exact) mass is 451 g/mol. The second-order valence-electron chi connectivity index (χ2n) is 8.14. The van der Waals surface area contributed by atoms with E-state index in [2.05, 4.69) is 10.6 Å². The molecule has 171 valence electrons. The molecule has 1 aromatic rings. The fourth-order valence-electron chi connectivity index (χ4n) is 3.67.